The summed E-state index contributed by atoms with van der Waals surface area (Å²) < 4.78 is 5.50. The number of halogens is 2. The molecule has 2 aromatic rings. The molecule has 0 spiro atoms. The Bertz CT molecular complexity index is 470. The number of rotatable bonds is 2. The predicted molar refractivity (Wildman–Crippen MR) is 67.7 cm³/mol. The lowest BCUT2D eigenvalue weighted by atomic mass is 10.3. The van der Waals surface area contributed by atoms with Gasteiger partial charge in [0.2, 0.25) is 5.88 Å². The fourth-order valence-electron chi connectivity index (χ4n) is 1.32. The second-order valence-electron chi connectivity index (χ2n) is 3.39. The van der Waals surface area contributed by atoms with E-state index in [1.54, 1.807) is 25.1 Å². The summed E-state index contributed by atoms with van der Waals surface area (Å²) in [7, 11) is 0. The number of hydrogen-bond donors (Lipinski definition) is 1. The van der Waals surface area contributed by atoms with Gasteiger partial charge >= 0.3 is 0 Å². The van der Waals surface area contributed by atoms with Crippen molar-refractivity contribution in [3.8, 4) is 11.6 Å². The van der Waals surface area contributed by atoms with E-state index in [4.69, 9.17) is 33.7 Å². The lowest BCUT2D eigenvalue weighted by molar-refractivity contribution is 0.460. The quantitative estimate of drug-likeness (QED) is 0.907. The van der Waals surface area contributed by atoms with Crippen molar-refractivity contribution in [2.24, 2.45) is 0 Å². The maximum Gasteiger partial charge on any atom is 0.224 e. The SMILES string of the molecule is Cc1nc(N)cc(Oc2cc(Cl)cc(Cl)c2)n1. The Hall–Kier alpha value is -1.52. The third kappa shape index (κ3) is 3.22. The largest absolute Gasteiger partial charge is 0.439 e. The second kappa shape index (κ2) is 4.77. The van der Waals surface area contributed by atoms with Crippen LogP contribution >= 0.6 is 23.2 Å². The minimum atomic E-state index is 0.348. The van der Waals surface area contributed by atoms with Crippen LogP contribution in [0, 0.1) is 6.92 Å². The molecule has 0 saturated heterocycles. The standard InChI is InChI=1S/C11H9Cl2N3O/c1-6-15-10(14)5-11(16-6)17-9-3-7(12)2-8(13)4-9/h2-5H,1H3,(H2,14,15,16). The molecule has 0 unspecified atom stereocenters. The smallest absolute Gasteiger partial charge is 0.224 e. The van der Waals surface area contributed by atoms with E-state index in [0.29, 0.717) is 33.3 Å². The molecule has 4 nitrogen and oxygen atoms in total. The van der Waals surface area contributed by atoms with Crippen molar-refractivity contribution in [1.29, 1.82) is 0 Å². The highest BCUT2D eigenvalue weighted by Crippen LogP contribution is 2.27. The summed E-state index contributed by atoms with van der Waals surface area (Å²) in [5.74, 6) is 1.74. The van der Waals surface area contributed by atoms with Gasteiger partial charge in [0, 0.05) is 16.1 Å². The first-order valence-corrected chi connectivity index (χ1v) is 5.53. The molecule has 0 aliphatic carbocycles. The van der Waals surface area contributed by atoms with Crippen molar-refractivity contribution in [3.05, 3.63) is 40.1 Å². The van der Waals surface area contributed by atoms with Crippen LogP contribution in [0.15, 0.2) is 24.3 Å². The summed E-state index contributed by atoms with van der Waals surface area (Å²) in [5, 5.41) is 0.984. The normalized spacial score (nSPS) is 10.3. The van der Waals surface area contributed by atoms with Gasteiger partial charge in [0.1, 0.15) is 17.4 Å². The fourth-order valence-corrected chi connectivity index (χ4v) is 1.83. The lowest BCUT2D eigenvalue weighted by Gasteiger charge is -2.06. The summed E-state index contributed by atoms with van der Waals surface area (Å²) >= 11 is 11.7. The molecule has 6 heteroatoms. The first-order valence-electron chi connectivity index (χ1n) is 4.78. The second-order valence-corrected chi connectivity index (χ2v) is 4.26. The Kier molecular flexibility index (Phi) is 3.36. The van der Waals surface area contributed by atoms with Crippen LogP contribution in [-0.2, 0) is 0 Å². The van der Waals surface area contributed by atoms with Gasteiger partial charge < -0.3 is 10.5 Å². The third-order valence-electron chi connectivity index (χ3n) is 1.89. The zero-order valence-corrected chi connectivity index (χ0v) is 10.5. The van der Waals surface area contributed by atoms with Crippen LogP contribution in [0.5, 0.6) is 11.6 Å². The molecule has 17 heavy (non-hydrogen) atoms. The number of aryl methyl sites for hydroxylation is 1. The number of anilines is 1. The maximum atomic E-state index is 5.86. The van der Waals surface area contributed by atoms with Crippen LogP contribution in [0.4, 0.5) is 5.82 Å². The molecule has 0 atom stereocenters. The van der Waals surface area contributed by atoms with Gasteiger partial charge in [0.25, 0.3) is 0 Å². The summed E-state index contributed by atoms with van der Waals surface area (Å²) in [6.45, 7) is 1.73. The molecular formula is C11H9Cl2N3O. The van der Waals surface area contributed by atoms with E-state index in [1.165, 1.54) is 6.07 Å². The van der Waals surface area contributed by atoms with Crippen LogP contribution in [0.3, 0.4) is 0 Å². The molecule has 0 saturated carbocycles. The van der Waals surface area contributed by atoms with Gasteiger partial charge in [-0.3, -0.25) is 0 Å². The average molecular weight is 270 g/mol. The summed E-state index contributed by atoms with van der Waals surface area (Å²) in [6, 6.07) is 6.43. The van der Waals surface area contributed by atoms with Crippen molar-refractivity contribution < 1.29 is 4.74 Å². The third-order valence-corrected chi connectivity index (χ3v) is 2.33. The van der Waals surface area contributed by atoms with E-state index in [1.807, 2.05) is 0 Å². The van der Waals surface area contributed by atoms with Crippen molar-refractivity contribution in [1.82, 2.24) is 9.97 Å². The first-order chi connectivity index (χ1) is 8.02. The lowest BCUT2D eigenvalue weighted by Crippen LogP contribution is -1.97. The number of nitrogen functional groups attached to an aromatic ring is 1. The highest BCUT2D eigenvalue weighted by Gasteiger charge is 2.04. The van der Waals surface area contributed by atoms with Gasteiger partial charge in [-0.2, -0.15) is 4.98 Å². The minimum absolute atomic E-state index is 0.348. The van der Waals surface area contributed by atoms with E-state index < -0.39 is 0 Å². The molecule has 2 rings (SSSR count). The predicted octanol–water partition coefficient (Wildman–Crippen LogP) is 3.47. The number of benzene rings is 1. The van der Waals surface area contributed by atoms with Gasteiger partial charge in [0.05, 0.1) is 0 Å². The highest BCUT2D eigenvalue weighted by atomic mass is 35.5. The molecule has 0 aliphatic rings. The molecule has 1 aromatic carbocycles. The Balaban J connectivity index is 2.31. The molecule has 1 aromatic heterocycles. The van der Waals surface area contributed by atoms with E-state index in [2.05, 4.69) is 9.97 Å². The van der Waals surface area contributed by atoms with Crippen LogP contribution in [0.25, 0.3) is 0 Å². The summed E-state index contributed by atoms with van der Waals surface area (Å²) in [4.78, 5) is 8.03. The minimum Gasteiger partial charge on any atom is -0.439 e. The summed E-state index contributed by atoms with van der Waals surface area (Å²) in [5.41, 5.74) is 5.59. The maximum absolute atomic E-state index is 5.86. The van der Waals surface area contributed by atoms with Crippen molar-refractivity contribution in [3.63, 3.8) is 0 Å². The van der Waals surface area contributed by atoms with Gasteiger partial charge in [-0.1, -0.05) is 23.2 Å². The zero-order chi connectivity index (χ0) is 12.4. The van der Waals surface area contributed by atoms with Gasteiger partial charge in [0.15, 0.2) is 0 Å². The number of nitrogens with zero attached hydrogens (tertiary/aromatic N) is 2. The zero-order valence-electron chi connectivity index (χ0n) is 8.95. The van der Waals surface area contributed by atoms with Crippen LogP contribution < -0.4 is 10.5 Å². The highest BCUT2D eigenvalue weighted by molar-refractivity contribution is 6.34. The Labute approximate surface area is 108 Å². The van der Waals surface area contributed by atoms with Crippen molar-refractivity contribution in [2.45, 2.75) is 6.92 Å². The van der Waals surface area contributed by atoms with Crippen LogP contribution in [-0.4, -0.2) is 9.97 Å². The van der Waals surface area contributed by atoms with Crippen molar-refractivity contribution in [2.75, 3.05) is 5.73 Å². The topological polar surface area (TPSA) is 61.0 Å². The number of ether oxygens (including phenoxy) is 1. The molecule has 2 N–H and O–H groups in total. The monoisotopic (exact) mass is 269 g/mol. The van der Waals surface area contributed by atoms with E-state index >= 15 is 0 Å². The summed E-state index contributed by atoms with van der Waals surface area (Å²) in [6.07, 6.45) is 0. The van der Waals surface area contributed by atoms with Gasteiger partial charge in [-0.05, 0) is 25.1 Å². The van der Waals surface area contributed by atoms with Gasteiger partial charge in [-0.25, -0.2) is 4.98 Å². The number of nitrogens with two attached hydrogens (primary N) is 1. The molecule has 88 valence electrons. The van der Waals surface area contributed by atoms with Crippen molar-refractivity contribution >= 4 is 29.0 Å². The number of hydrogen-bond acceptors (Lipinski definition) is 4. The van der Waals surface area contributed by atoms with E-state index in [0.717, 1.165) is 0 Å². The molecule has 0 aliphatic heterocycles. The average Bonchev–Trinajstić information content (AvgIpc) is 2.13. The molecule has 0 bridgehead atoms. The molecule has 0 radical (unpaired) electrons. The van der Waals surface area contributed by atoms with E-state index in [9.17, 15) is 0 Å². The molecular weight excluding hydrogens is 261 g/mol. The molecule has 0 amide bonds. The van der Waals surface area contributed by atoms with Crippen LogP contribution in [0.1, 0.15) is 5.82 Å². The molecule has 1 heterocycles. The fraction of sp³-hybridized carbons (Fsp3) is 0.0909. The van der Waals surface area contributed by atoms with Gasteiger partial charge in [-0.15, -0.1) is 0 Å². The van der Waals surface area contributed by atoms with E-state index in [-0.39, 0.29) is 0 Å². The molecule has 0 fully saturated rings. The Morgan fingerprint density at radius 1 is 1.06 bits per heavy atom. The first kappa shape index (κ1) is 12.0. The Morgan fingerprint density at radius 2 is 1.71 bits per heavy atom. The Morgan fingerprint density at radius 3 is 2.29 bits per heavy atom. The van der Waals surface area contributed by atoms with Crippen LogP contribution in [0.2, 0.25) is 10.0 Å². The number of aromatic nitrogens is 2.